The van der Waals surface area contributed by atoms with E-state index < -0.39 is 0 Å². The third-order valence-electron chi connectivity index (χ3n) is 4.77. The van der Waals surface area contributed by atoms with E-state index in [0.29, 0.717) is 5.82 Å². The fraction of sp³-hybridized carbons (Fsp3) is 0.562. The van der Waals surface area contributed by atoms with Gasteiger partial charge in [0.2, 0.25) is 5.82 Å². The molecule has 2 aromatic rings. The average Bonchev–Trinajstić information content (AvgIpc) is 3.01. The Bertz CT molecular complexity index is 584. The van der Waals surface area contributed by atoms with E-state index in [1.807, 2.05) is 6.07 Å². The largest absolute Gasteiger partial charge is 0.293 e. The molecule has 1 aromatic heterocycles. The summed E-state index contributed by atoms with van der Waals surface area (Å²) in [7, 11) is 0. The number of aromatic amines is 1. The Hall–Kier alpha value is -1.75. The first-order valence-electron chi connectivity index (χ1n) is 7.99. The summed E-state index contributed by atoms with van der Waals surface area (Å²) in [6.07, 6.45) is 8.23. The Morgan fingerprint density at radius 1 is 1.05 bits per heavy atom. The fourth-order valence-electron chi connectivity index (χ4n) is 3.55. The van der Waals surface area contributed by atoms with Crippen molar-refractivity contribution in [2.24, 2.45) is 0 Å². The number of hydrogen-bond acceptors (Lipinski definition) is 4. The number of H-pyrrole nitrogens is 1. The van der Waals surface area contributed by atoms with E-state index in [0.717, 1.165) is 24.2 Å². The van der Waals surface area contributed by atoms with Crippen LogP contribution in [0.3, 0.4) is 0 Å². The van der Waals surface area contributed by atoms with Crippen LogP contribution in [0, 0.1) is 0 Å². The van der Waals surface area contributed by atoms with Crippen molar-refractivity contribution in [3.63, 3.8) is 0 Å². The molecule has 2 fully saturated rings. The maximum atomic E-state index is 4.15. The third-order valence-corrected chi connectivity index (χ3v) is 4.77. The molecule has 5 heteroatoms. The minimum Gasteiger partial charge on any atom is -0.293 e. The summed E-state index contributed by atoms with van der Waals surface area (Å²) < 4.78 is 0. The normalized spacial score (nSPS) is 19.5. The zero-order valence-electron chi connectivity index (χ0n) is 12.2. The van der Waals surface area contributed by atoms with Gasteiger partial charge in [-0.15, -0.1) is 10.2 Å². The lowest BCUT2D eigenvalue weighted by atomic mass is 10.0. The minimum absolute atomic E-state index is 0.702. The quantitative estimate of drug-likeness (QED) is 0.916. The Morgan fingerprint density at radius 2 is 1.81 bits per heavy atom. The summed E-state index contributed by atoms with van der Waals surface area (Å²) in [5, 5.41) is 14.5. The molecule has 5 nitrogen and oxygen atoms in total. The molecule has 0 spiro atoms. The van der Waals surface area contributed by atoms with Crippen LogP contribution in [0.4, 0.5) is 0 Å². The van der Waals surface area contributed by atoms with Gasteiger partial charge in [-0.05, 0) is 36.5 Å². The molecule has 0 aliphatic heterocycles. The lowest BCUT2D eigenvalue weighted by Gasteiger charge is -2.29. The monoisotopic (exact) mass is 283 g/mol. The topological polar surface area (TPSA) is 57.7 Å². The van der Waals surface area contributed by atoms with Crippen molar-refractivity contribution >= 4 is 0 Å². The van der Waals surface area contributed by atoms with Crippen LogP contribution in [0.25, 0.3) is 11.4 Å². The second kappa shape index (κ2) is 5.56. The Labute approximate surface area is 124 Å². The highest BCUT2D eigenvalue weighted by molar-refractivity contribution is 5.59. The first-order chi connectivity index (χ1) is 10.4. The van der Waals surface area contributed by atoms with Gasteiger partial charge in [-0.25, -0.2) is 0 Å². The molecule has 0 bridgehead atoms. The molecule has 0 radical (unpaired) electrons. The van der Waals surface area contributed by atoms with Crippen molar-refractivity contribution < 1.29 is 0 Å². The molecule has 0 amide bonds. The summed E-state index contributed by atoms with van der Waals surface area (Å²) >= 11 is 0. The van der Waals surface area contributed by atoms with Gasteiger partial charge in [-0.3, -0.25) is 4.90 Å². The van der Waals surface area contributed by atoms with E-state index in [2.05, 4.69) is 43.7 Å². The van der Waals surface area contributed by atoms with Crippen LogP contribution in [-0.4, -0.2) is 37.6 Å². The van der Waals surface area contributed by atoms with Gasteiger partial charge in [-0.1, -0.05) is 37.1 Å². The molecule has 21 heavy (non-hydrogen) atoms. The van der Waals surface area contributed by atoms with Crippen molar-refractivity contribution in [2.45, 2.75) is 57.2 Å². The molecule has 2 aliphatic rings. The van der Waals surface area contributed by atoms with Gasteiger partial charge in [0.25, 0.3) is 0 Å². The highest BCUT2D eigenvalue weighted by Crippen LogP contribution is 2.36. The van der Waals surface area contributed by atoms with Gasteiger partial charge in [0.05, 0.1) is 0 Å². The standard InChI is InChI=1S/C16H21N5/c1-4-8-15(16-17-19-20-18-16)12(5-1)11-21(14-9-10-14)13-6-2-3-7-13/h1,4-5,8,13-14H,2-3,6-7,9-11H2,(H,17,18,19,20). The van der Waals surface area contributed by atoms with Crippen molar-refractivity contribution in [1.29, 1.82) is 0 Å². The second-order valence-electron chi connectivity index (χ2n) is 6.23. The number of tetrazole rings is 1. The smallest absolute Gasteiger partial charge is 0.204 e. The summed E-state index contributed by atoms with van der Waals surface area (Å²) in [4.78, 5) is 2.73. The lowest BCUT2D eigenvalue weighted by molar-refractivity contribution is 0.179. The van der Waals surface area contributed by atoms with Crippen molar-refractivity contribution in [1.82, 2.24) is 25.5 Å². The molecule has 2 saturated carbocycles. The van der Waals surface area contributed by atoms with Crippen LogP contribution >= 0.6 is 0 Å². The molecule has 1 N–H and O–H groups in total. The highest BCUT2D eigenvalue weighted by atomic mass is 15.5. The number of rotatable bonds is 5. The zero-order chi connectivity index (χ0) is 14.1. The predicted octanol–water partition coefficient (Wildman–Crippen LogP) is 2.77. The second-order valence-corrected chi connectivity index (χ2v) is 6.23. The summed E-state index contributed by atoms with van der Waals surface area (Å²) in [5.74, 6) is 0.702. The predicted molar refractivity (Wildman–Crippen MR) is 80.4 cm³/mol. The van der Waals surface area contributed by atoms with Crippen LogP contribution in [0.1, 0.15) is 44.1 Å². The Kier molecular flexibility index (Phi) is 3.43. The SMILES string of the molecule is c1ccc(-c2nn[nH]n2)c(CN(C2CCCC2)C2CC2)c1. The highest BCUT2D eigenvalue weighted by Gasteiger charge is 2.35. The fourth-order valence-corrected chi connectivity index (χ4v) is 3.55. The van der Waals surface area contributed by atoms with Crippen molar-refractivity contribution in [3.8, 4) is 11.4 Å². The maximum absolute atomic E-state index is 4.15. The minimum atomic E-state index is 0.702. The van der Waals surface area contributed by atoms with Gasteiger partial charge in [0.1, 0.15) is 0 Å². The molecule has 0 unspecified atom stereocenters. The molecule has 4 rings (SSSR count). The maximum Gasteiger partial charge on any atom is 0.204 e. The number of aromatic nitrogens is 4. The molecule has 1 heterocycles. The molecule has 1 aromatic carbocycles. The zero-order valence-corrected chi connectivity index (χ0v) is 12.2. The molecule has 0 saturated heterocycles. The Morgan fingerprint density at radius 3 is 2.52 bits per heavy atom. The molecule has 2 aliphatic carbocycles. The van der Waals surface area contributed by atoms with Crippen LogP contribution in [0.2, 0.25) is 0 Å². The molecular formula is C16H21N5. The van der Waals surface area contributed by atoms with Crippen LogP contribution in [0.15, 0.2) is 24.3 Å². The van der Waals surface area contributed by atoms with Gasteiger partial charge in [-0.2, -0.15) is 5.21 Å². The van der Waals surface area contributed by atoms with E-state index in [1.54, 1.807) is 0 Å². The van der Waals surface area contributed by atoms with Crippen LogP contribution < -0.4 is 0 Å². The van der Waals surface area contributed by atoms with E-state index >= 15 is 0 Å². The Balaban J connectivity index is 1.60. The summed E-state index contributed by atoms with van der Waals surface area (Å²) in [5.41, 5.74) is 2.42. The number of benzene rings is 1. The first kappa shape index (κ1) is 13.0. The summed E-state index contributed by atoms with van der Waals surface area (Å²) in [6, 6.07) is 10.0. The van der Waals surface area contributed by atoms with Gasteiger partial charge < -0.3 is 0 Å². The number of nitrogens with one attached hydrogen (secondary N) is 1. The van der Waals surface area contributed by atoms with Gasteiger partial charge >= 0.3 is 0 Å². The van der Waals surface area contributed by atoms with Crippen LogP contribution in [0.5, 0.6) is 0 Å². The molecule has 0 atom stereocenters. The third kappa shape index (κ3) is 2.70. The number of hydrogen-bond donors (Lipinski definition) is 1. The summed E-state index contributed by atoms with van der Waals surface area (Å²) in [6.45, 7) is 1.01. The van der Waals surface area contributed by atoms with Gasteiger partial charge in [0, 0.05) is 24.2 Å². The molecular weight excluding hydrogens is 262 g/mol. The van der Waals surface area contributed by atoms with E-state index in [-0.39, 0.29) is 0 Å². The van der Waals surface area contributed by atoms with Gasteiger partial charge in [0.15, 0.2) is 0 Å². The number of nitrogens with zero attached hydrogens (tertiary/aromatic N) is 4. The van der Waals surface area contributed by atoms with E-state index in [1.165, 1.54) is 44.1 Å². The van der Waals surface area contributed by atoms with E-state index in [4.69, 9.17) is 0 Å². The van der Waals surface area contributed by atoms with Crippen LogP contribution in [-0.2, 0) is 6.54 Å². The van der Waals surface area contributed by atoms with E-state index in [9.17, 15) is 0 Å². The lowest BCUT2D eigenvalue weighted by Crippen LogP contribution is -2.34. The molecule has 110 valence electrons. The average molecular weight is 283 g/mol. The van der Waals surface area contributed by atoms with Crippen molar-refractivity contribution in [2.75, 3.05) is 0 Å². The van der Waals surface area contributed by atoms with Crippen molar-refractivity contribution in [3.05, 3.63) is 29.8 Å². The first-order valence-corrected chi connectivity index (χ1v) is 7.99.